The van der Waals surface area contributed by atoms with Crippen molar-refractivity contribution in [3.05, 3.63) is 35.7 Å². The Labute approximate surface area is 123 Å². The zero-order valence-electron chi connectivity index (χ0n) is 12.1. The van der Waals surface area contributed by atoms with E-state index in [-0.39, 0.29) is 0 Å². The summed E-state index contributed by atoms with van der Waals surface area (Å²) in [6, 6.07) is 7.62. The summed E-state index contributed by atoms with van der Waals surface area (Å²) in [4.78, 5) is 8.84. The number of likely N-dealkylation sites (N-methyl/N-ethyl adjacent to an activating group) is 1. The Balaban J connectivity index is 1.66. The van der Waals surface area contributed by atoms with Crippen LogP contribution in [0.1, 0.15) is 11.5 Å². The van der Waals surface area contributed by atoms with Crippen molar-refractivity contribution in [2.45, 2.75) is 0 Å². The zero-order valence-corrected chi connectivity index (χ0v) is 12.1. The van der Waals surface area contributed by atoms with Crippen LogP contribution in [-0.4, -0.2) is 48.3 Å². The quantitative estimate of drug-likeness (QED) is 0.863. The Bertz CT molecular complexity index is 611. The van der Waals surface area contributed by atoms with Crippen molar-refractivity contribution in [2.24, 2.45) is 0 Å². The molecule has 1 saturated heterocycles. The van der Waals surface area contributed by atoms with Gasteiger partial charge in [0.05, 0.1) is 0 Å². The minimum atomic E-state index is 0.515. The zero-order chi connectivity index (χ0) is 14.7. The molecule has 2 heterocycles. The molecule has 6 heteroatoms. The molecule has 1 aliphatic rings. The third-order valence-corrected chi connectivity index (χ3v) is 3.57. The molecule has 1 fully saturated rings. The van der Waals surface area contributed by atoms with Gasteiger partial charge >= 0.3 is 0 Å². The molecular weight excluding hydrogens is 266 g/mol. The first kappa shape index (κ1) is 13.6. The molecule has 21 heavy (non-hydrogen) atoms. The maximum absolute atomic E-state index is 5.66. The normalized spacial score (nSPS) is 16.7. The number of nitrogens with two attached hydrogens (primary N) is 1. The van der Waals surface area contributed by atoms with Gasteiger partial charge < -0.3 is 20.1 Å². The monoisotopic (exact) mass is 285 g/mol. The number of hydrogen-bond acceptors (Lipinski definition) is 6. The van der Waals surface area contributed by atoms with E-state index in [0.29, 0.717) is 11.8 Å². The average Bonchev–Trinajstić information content (AvgIpc) is 2.96. The van der Waals surface area contributed by atoms with Gasteiger partial charge in [0.1, 0.15) is 0 Å². The summed E-state index contributed by atoms with van der Waals surface area (Å²) in [5.74, 6) is 1.18. The van der Waals surface area contributed by atoms with Gasteiger partial charge in [-0.25, -0.2) is 0 Å². The first-order chi connectivity index (χ1) is 10.2. The van der Waals surface area contributed by atoms with Crippen LogP contribution in [0.4, 0.5) is 11.6 Å². The van der Waals surface area contributed by atoms with Gasteiger partial charge in [0.25, 0.3) is 11.8 Å². The highest BCUT2D eigenvalue weighted by atomic mass is 16.5. The van der Waals surface area contributed by atoms with Crippen molar-refractivity contribution < 1.29 is 4.52 Å². The minimum absolute atomic E-state index is 0.515. The molecule has 0 aliphatic carbocycles. The van der Waals surface area contributed by atoms with Gasteiger partial charge in [0, 0.05) is 37.9 Å². The Morgan fingerprint density at radius 3 is 2.52 bits per heavy atom. The van der Waals surface area contributed by atoms with Crippen molar-refractivity contribution in [2.75, 3.05) is 43.9 Å². The summed E-state index contributed by atoms with van der Waals surface area (Å²) < 4.78 is 5.26. The van der Waals surface area contributed by atoms with Crippen LogP contribution < -0.4 is 10.6 Å². The average molecular weight is 285 g/mol. The summed E-state index contributed by atoms with van der Waals surface area (Å²) in [5.41, 5.74) is 7.45. The fourth-order valence-corrected chi connectivity index (χ4v) is 2.20. The first-order valence-electron chi connectivity index (χ1n) is 7.01. The number of nitrogens with zero attached hydrogens (tertiary/aromatic N) is 4. The van der Waals surface area contributed by atoms with Gasteiger partial charge in [-0.15, -0.1) is 0 Å². The van der Waals surface area contributed by atoms with E-state index < -0.39 is 0 Å². The summed E-state index contributed by atoms with van der Waals surface area (Å²) in [6.45, 7) is 3.89. The molecule has 2 aromatic rings. The van der Waals surface area contributed by atoms with E-state index in [2.05, 4.69) is 27.0 Å². The van der Waals surface area contributed by atoms with Crippen molar-refractivity contribution in [1.82, 2.24) is 15.0 Å². The van der Waals surface area contributed by atoms with Gasteiger partial charge in [0.2, 0.25) is 0 Å². The van der Waals surface area contributed by atoms with Crippen LogP contribution in [0.5, 0.6) is 0 Å². The predicted octanol–water partition coefficient (Wildman–Crippen LogP) is 1.57. The molecule has 0 unspecified atom stereocenters. The number of benzene rings is 1. The van der Waals surface area contributed by atoms with Gasteiger partial charge in [-0.1, -0.05) is 12.1 Å². The number of aromatic nitrogens is 2. The number of piperazine rings is 1. The molecule has 1 aromatic carbocycles. The topological polar surface area (TPSA) is 71.4 Å². The molecule has 3 rings (SSSR count). The third kappa shape index (κ3) is 3.41. The molecule has 2 N–H and O–H groups in total. The van der Waals surface area contributed by atoms with Crippen LogP contribution >= 0.6 is 0 Å². The van der Waals surface area contributed by atoms with Crippen molar-refractivity contribution in [3.8, 4) is 0 Å². The van der Waals surface area contributed by atoms with Crippen LogP contribution in [0.15, 0.2) is 28.8 Å². The Morgan fingerprint density at radius 2 is 1.81 bits per heavy atom. The summed E-state index contributed by atoms with van der Waals surface area (Å²) >= 11 is 0. The predicted molar refractivity (Wildman–Crippen MR) is 83.8 cm³/mol. The van der Waals surface area contributed by atoms with E-state index in [9.17, 15) is 0 Å². The van der Waals surface area contributed by atoms with Crippen molar-refractivity contribution in [1.29, 1.82) is 0 Å². The van der Waals surface area contributed by atoms with E-state index in [4.69, 9.17) is 10.3 Å². The highest BCUT2D eigenvalue weighted by Gasteiger charge is 2.18. The lowest BCUT2D eigenvalue weighted by atomic mass is 10.2. The van der Waals surface area contributed by atoms with E-state index in [1.165, 1.54) is 0 Å². The SMILES string of the molecule is CN1CCN(c2noc(/C=C/c3ccc(N)cc3)n2)CC1. The van der Waals surface area contributed by atoms with E-state index >= 15 is 0 Å². The second kappa shape index (κ2) is 5.97. The number of anilines is 2. The standard InChI is InChI=1S/C15H19N5O/c1-19-8-10-20(11-9-19)15-17-14(21-18-15)7-4-12-2-5-13(16)6-3-12/h2-7H,8-11,16H2,1H3/b7-4+. The minimum Gasteiger partial charge on any atom is -0.399 e. The Kier molecular flexibility index (Phi) is 3.87. The first-order valence-corrected chi connectivity index (χ1v) is 7.01. The number of rotatable bonds is 3. The fourth-order valence-electron chi connectivity index (χ4n) is 2.20. The lowest BCUT2D eigenvalue weighted by Crippen LogP contribution is -2.44. The summed E-state index contributed by atoms with van der Waals surface area (Å²) in [5, 5.41) is 4.04. The van der Waals surface area contributed by atoms with Crippen LogP contribution in [-0.2, 0) is 0 Å². The van der Waals surface area contributed by atoms with Gasteiger partial charge in [0.15, 0.2) is 0 Å². The van der Waals surface area contributed by atoms with Crippen LogP contribution in [0.2, 0.25) is 0 Å². The highest BCUT2D eigenvalue weighted by Crippen LogP contribution is 2.14. The van der Waals surface area contributed by atoms with Crippen LogP contribution in [0, 0.1) is 0 Å². The molecule has 0 atom stereocenters. The van der Waals surface area contributed by atoms with Gasteiger partial charge in [-0.05, 0) is 36.0 Å². The van der Waals surface area contributed by atoms with Crippen LogP contribution in [0.25, 0.3) is 12.2 Å². The summed E-state index contributed by atoms with van der Waals surface area (Å²) in [7, 11) is 2.12. The molecule has 6 nitrogen and oxygen atoms in total. The van der Waals surface area contributed by atoms with Gasteiger partial charge in [-0.3, -0.25) is 0 Å². The van der Waals surface area contributed by atoms with E-state index in [1.807, 2.05) is 36.4 Å². The lowest BCUT2D eigenvalue weighted by molar-refractivity contribution is 0.309. The molecule has 0 amide bonds. The lowest BCUT2D eigenvalue weighted by Gasteiger charge is -2.31. The highest BCUT2D eigenvalue weighted by molar-refractivity contribution is 5.67. The second-order valence-electron chi connectivity index (χ2n) is 5.22. The molecule has 0 bridgehead atoms. The van der Waals surface area contributed by atoms with Crippen molar-refractivity contribution >= 4 is 23.8 Å². The third-order valence-electron chi connectivity index (χ3n) is 3.57. The molecule has 0 saturated carbocycles. The van der Waals surface area contributed by atoms with Crippen LogP contribution in [0.3, 0.4) is 0 Å². The molecule has 1 aliphatic heterocycles. The Morgan fingerprint density at radius 1 is 1.10 bits per heavy atom. The van der Waals surface area contributed by atoms with Crippen molar-refractivity contribution in [3.63, 3.8) is 0 Å². The largest absolute Gasteiger partial charge is 0.399 e. The smallest absolute Gasteiger partial charge is 0.266 e. The second-order valence-corrected chi connectivity index (χ2v) is 5.22. The molecule has 0 spiro atoms. The van der Waals surface area contributed by atoms with E-state index in [1.54, 1.807) is 0 Å². The fraction of sp³-hybridized carbons (Fsp3) is 0.333. The Hall–Kier alpha value is -2.34. The summed E-state index contributed by atoms with van der Waals surface area (Å²) in [6.07, 6.45) is 3.75. The number of nitrogen functional groups attached to an aromatic ring is 1. The molecule has 110 valence electrons. The van der Waals surface area contributed by atoms with Gasteiger partial charge in [-0.2, -0.15) is 4.98 Å². The molecular formula is C15H19N5O. The maximum atomic E-state index is 5.66. The maximum Gasteiger partial charge on any atom is 0.266 e. The molecule has 0 radical (unpaired) electrons. The van der Waals surface area contributed by atoms with E-state index in [0.717, 1.165) is 37.4 Å². The molecule has 1 aromatic heterocycles. The number of hydrogen-bond donors (Lipinski definition) is 1.